The van der Waals surface area contributed by atoms with Crippen molar-refractivity contribution in [1.29, 1.82) is 0 Å². The van der Waals surface area contributed by atoms with Crippen LogP contribution in [0.1, 0.15) is 12.7 Å². The van der Waals surface area contributed by atoms with Gasteiger partial charge in [0.05, 0.1) is 13.1 Å². The number of para-hydroxylation sites is 1. The van der Waals surface area contributed by atoms with Gasteiger partial charge < -0.3 is 19.9 Å². The maximum atomic E-state index is 5.71. The first-order valence-electron chi connectivity index (χ1n) is 8.89. The number of halogens is 1. The molecule has 2 aromatic rings. The molecule has 9 heteroatoms. The summed E-state index contributed by atoms with van der Waals surface area (Å²) >= 11 is 1.79. The van der Waals surface area contributed by atoms with Gasteiger partial charge in [-0.1, -0.05) is 25.1 Å². The molecule has 7 nitrogen and oxygen atoms in total. The van der Waals surface area contributed by atoms with E-state index in [9.17, 15) is 0 Å². The predicted octanol–water partition coefficient (Wildman–Crippen LogP) is 2.44. The first-order chi connectivity index (χ1) is 12.8. The number of thioether (sulfide) groups is 1. The van der Waals surface area contributed by atoms with Gasteiger partial charge in [-0.3, -0.25) is 4.99 Å². The Hall–Kier alpha value is -1.49. The lowest BCUT2D eigenvalue weighted by Crippen LogP contribution is -2.41. The monoisotopic (exact) mass is 504 g/mol. The summed E-state index contributed by atoms with van der Waals surface area (Å²) in [5, 5.41) is 14.7. The van der Waals surface area contributed by atoms with E-state index < -0.39 is 0 Å². The molecule has 0 aliphatic rings. The molecule has 0 fully saturated rings. The molecule has 150 valence electrons. The van der Waals surface area contributed by atoms with Gasteiger partial charge in [0, 0.05) is 25.3 Å². The molecule has 0 aliphatic heterocycles. The molecule has 0 saturated carbocycles. The summed E-state index contributed by atoms with van der Waals surface area (Å²) in [7, 11) is 0. The number of rotatable bonds is 11. The zero-order chi connectivity index (χ0) is 18.5. The normalized spacial score (nSPS) is 11.0. The van der Waals surface area contributed by atoms with Crippen LogP contribution >= 0.6 is 35.7 Å². The van der Waals surface area contributed by atoms with Crippen LogP contribution in [-0.4, -0.2) is 59.0 Å². The molecular formula is C18H29IN6OS. The van der Waals surface area contributed by atoms with E-state index in [0.29, 0.717) is 13.2 Å². The van der Waals surface area contributed by atoms with E-state index >= 15 is 0 Å². The largest absolute Gasteiger partial charge is 0.492 e. The molecular weight excluding hydrogens is 475 g/mol. The molecule has 1 heterocycles. The Labute approximate surface area is 182 Å². The van der Waals surface area contributed by atoms with Crippen molar-refractivity contribution in [3.8, 4) is 5.75 Å². The second-order valence-electron chi connectivity index (χ2n) is 5.53. The molecule has 0 unspecified atom stereocenters. The first kappa shape index (κ1) is 23.5. The molecule has 0 atom stereocenters. The Kier molecular flexibility index (Phi) is 12.7. The Balaban J connectivity index is 0.00000364. The summed E-state index contributed by atoms with van der Waals surface area (Å²) in [5.41, 5.74) is 0. The van der Waals surface area contributed by atoms with E-state index in [1.54, 1.807) is 18.1 Å². The third-order valence-corrected chi connectivity index (χ3v) is 4.22. The highest BCUT2D eigenvalue weighted by Crippen LogP contribution is 2.07. The number of guanidine groups is 1. The first-order valence-corrected chi connectivity index (χ1v) is 10.3. The highest BCUT2D eigenvalue weighted by Gasteiger charge is 2.03. The summed E-state index contributed by atoms with van der Waals surface area (Å²) in [5.74, 6) is 3.68. The molecule has 0 saturated heterocycles. The van der Waals surface area contributed by atoms with E-state index in [-0.39, 0.29) is 24.0 Å². The summed E-state index contributed by atoms with van der Waals surface area (Å²) in [6, 6.07) is 9.82. The zero-order valence-corrected chi connectivity index (χ0v) is 19.1. The molecule has 0 spiro atoms. The smallest absolute Gasteiger partial charge is 0.191 e. The number of hydrogen-bond donors (Lipinski definition) is 2. The van der Waals surface area contributed by atoms with Crippen LogP contribution in [0.2, 0.25) is 0 Å². The minimum absolute atomic E-state index is 0. The molecule has 1 aromatic carbocycles. The highest BCUT2D eigenvalue weighted by atomic mass is 127. The van der Waals surface area contributed by atoms with Gasteiger partial charge in [0.25, 0.3) is 0 Å². The van der Waals surface area contributed by atoms with E-state index in [1.807, 2.05) is 30.3 Å². The molecule has 0 aliphatic carbocycles. The fraction of sp³-hybridized carbons (Fsp3) is 0.500. The fourth-order valence-electron chi connectivity index (χ4n) is 2.31. The number of aromatic nitrogens is 3. The lowest BCUT2D eigenvalue weighted by molar-refractivity contribution is 0.322. The second-order valence-corrected chi connectivity index (χ2v) is 6.52. The van der Waals surface area contributed by atoms with Crippen LogP contribution in [0, 0.1) is 0 Å². The third kappa shape index (κ3) is 9.32. The van der Waals surface area contributed by atoms with E-state index in [2.05, 4.69) is 43.6 Å². The molecule has 27 heavy (non-hydrogen) atoms. The van der Waals surface area contributed by atoms with Crippen LogP contribution in [0.25, 0.3) is 0 Å². The van der Waals surface area contributed by atoms with E-state index in [0.717, 1.165) is 49.3 Å². The van der Waals surface area contributed by atoms with Gasteiger partial charge in [-0.15, -0.1) is 34.2 Å². The molecule has 1 aromatic heterocycles. The third-order valence-electron chi connectivity index (χ3n) is 3.63. The van der Waals surface area contributed by atoms with Gasteiger partial charge in [-0.2, -0.15) is 11.8 Å². The number of hydrogen-bond acceptors (Lipinski definition) is 5. The Morgan fingerprint density at radius 2 is 2.00 bits per heavy atom. The van der Waals surface area contributed by atoms with Crippen molar-refractivity contribution in [2.24, 2.45) is 4.99 Å². The van der Waals surface area contributed by atoms with Crippen molar-refractivity contribution in [2.45, 2.75) is 19.9 Å². The molecule has 0 radical (unpaired) electrons. The van der Waals surface area contributed by atoms with Gasteiger partial charge in [0.2, 0.25) is 0 Å². The average molecular weight is 504 g/mol. The lowest BCUT2D eigenvalue weighted by atomic mass is 10.3. The number of aryl methyl sites for hydroxylation is 1. The minimum Gasteiger partial charge on any atom is -0.492 e. The van der Waals surface area contributed by atoms with Gasteiger partial charge in [0.1, 0.15) is 24.5 Å². The summed E-state index contributed by atoms with van der Waals surface area (Å²) in [4.78, 5) is 4.60. The number of benzene rings is 1. The number of ether oxygens (including phenoxy) is 1. The SMILES string of the molecule is CCc1nncn1CCNC(=NCCSC)NCCOc1ccccc1.I. The van der Waals surface area contributed by atoms with Gasteiger partial charge in [-0.05, 0) is 18.4 Å². The summed E-state index contributed by atoms with van der Waals surface area (Å²) < 4.78 is 7.77. The Morgan fingerprint density at radius 1 is 1.22 bits per heavy atom. The average Bonchev–Trinajstić information content (AvgIpc) is 3.13. The number of nitrogens with zero attached hydrogens (tertiary/aromatic N) is 4. The van der Waals surface area contributed by atoms with Crippen molar-refractivity contribution < 1.29 is 4.74 Å². The fourth-order valence-corrected chi connectivity index (χ4v) is 2.59. The van der Waals surface area contributed by atoms with Crippen molar-refractivity contribution in [3.63, 3.8) is 0 Å². The number of nitrogens with one attached hydrogen (secondary N) is 2. The van der Waals surface area contributed by atoms with Crippen LogP contribution in [0.5, 0.6) is 5.75 Å². The Morgan fingerprint density at radius 3 is 2.74 bits per heavy atom. The van der Waals surface area contributed by atoms with Gasteiger partial charge in [-0.25, -0.2) is 0 Å². The van der Waals surface area contributed by atoms with Crippen molar-refractivity contribution in [1.82, 2.24) is 25.4 Å². The highest BCUT2D eigenvalue weighted by molar-refractivity contribution is 14.0. The van der Waals surface area contributed by atoms with Gasteiger partial charge >= 0.3 is 0 Å². The number of aliphatic imine (C=N–C) groups is 1. The molecule has 0 amide bonds. The topological polar surface area (TPSA) is 76.4 Å². The van der Waals surface area contributed by atoms with Crippen LogP contribution < -0.4 is 15.4 Å². The van der Waals surface area contributed by atoms with Crippen LogP contribution in [0.4, 0.5) is 0 Å². The van der Waals surface area contributed by atoms with Crippen LogP contribution in [0.15, 0.2) is 41.7 Å². The minimum atomic E-state index is 0. The van der Waals surface area contributed by atoms with Crippen LogP contribution in [0.3, 0.4) is 0 Å². The van der Waals surface area contributed by atoms with Crippen molar-refractivity contribution in [2.75, 3.05) is 38.2 Å². The molecule has 0 bridgehead atoms. The van der Waals surface area contributed by atoms with Crippen molar-refractivity contribution >= 4 is 41.7 Å². The quantitative estimate of drug-likeness (QED) is 0.212. The summed E-state index contributed by atoms with van der Waals surface area (Å²) in [6.45, 7) is 5.70. The van der Waals surface area contributed by atoms with Crippen LogP contribution in [-0.2, 0) is 13.0 Å². The van der Waals surface area contributed by atoms with Gasteiger partial charge in [0.15, 0.2) is 5.96 Å². The molecule has 2 N–H and O–H groups in total. The standard InChI is InChI=1S/C18H28N6OS.HI/c1-3-17-23-22-15-24(17)12-9-19-18(21-11-14-26-2)20-10-13-25-16-7-5-4-6-8-16;/h4-8,15H,3,9-14H2,1-2H3,(H2,19,20,21);1H. The van der Waals surface area contributed by atoms with E-state index in [4.69, 9.17) is 4.74 Å². The predicted molar refractivity (Wildman–Crippen MR) is 123 cm³/mol. The Bertz CT molecular complexity index is 652. The zero-order valence-electron chi connectivity index (χ0n) is 15.9. The lowest BCUT2D eigenvalue weighted by Gasteiger charge is -2.14. The maximum Gasteiger partial charge on any atom is 0.191 e. The van der Waals surface area contributed by atoms with E-state index in [1.165, 1.54) is 0 Å². The second kappa shape index (κ2) is 14.6. The molecule has 2 rings (SSSR count). The van der Waals surface area contributed by atoms with Crippen molar-refractivity contribution in [3.05, 3.63) is 42.5 Å². The summed E-state index contributed by atoms with van der Waals surface area (Å²) in [6.07, 6.45) is 4.73. The maximum absolute atomic E-state index is 5.71.